The maximum absolute atomic E-state index is 9.09. The van der Waals surface area contributed by atoms with Gasteiger partial charge in [0, 0.05) is 6.04 Å². The lowest BCUT2D eigenvalue weighted by Gasteiger charge is -2.14. The molecule has 0 fully saturated rings. The van der Waals surface area contributed by atoms with Crippen LogP contribution in [0.25, 0.3) is 0 Å². The molecule has 0 heterocycles. The van der Waals surface area contributed by atoms with E-state index in [1.165, 1.54) is 5.56 Å². The fourth-order valence-corrected chi connectivity index (χ4v) is 1.32. The monoisotopic (exact) mass is 192 g/mol. The van der Waals surface area contributed by atoms with Crippen LogP contribution >= 0.6 is 0 Å². The molecule has 0 aliphatic heterocycles. The molecule has 0 spiro atoms. The number of nitrogens with one attached hydrogen (secondary N) is 1. The SMILES string of the molecule is CC(O)CCNC(C)c1cc[c]cc1. The molecule has 0 amide bonds. The highest BCUT2D eigenvalue weighted by molar-refractivity contribution is 5.17. The van der Waals surface area contributed by atoms with Crippen LogP contribution < -0.4 is 5.32 Å². The number of aliphatic hydroxyl groups excluding tert-OH is 1. The van der Waals surface area contributed by atoms with Gasteiger partial charge in [0.25, 0.3) is 0 Å². The van der Waals surface area contributed by atoms with E-state index in [9.17, 15) is 0 Å². The summed E-state index contributed by atoms with van der Waals surface area (Å²) in [7, 11) is 0. The molecule has 1 aromatic carbocycles. The van der Waals surface area contributed by atoms with E-state index in [0.29, 0.717) is 6.04 Å². The number of hydrogen-bond donors (Lipinski definition) is 2. The number of aliphatic hydroxyl groups is 1. The highest BCUT2D eigenvalue weighted by Crippen LogP contribution is 2.10. The Morgan fingerprint density at radius 2 is 2.00 bits per heavy atom. The van der Waals surface area contributed by atoms with Crippen molar-refractivity contribution in [1.29, 1.82) is 0 Å². The molecule has 0 bridgehead atoms. The molecule has 1 radical (unpaired) electrons. The van der Waals surface area contributed by atoms with Gasteiger partial charge in [-0.3, -0.25) is 0 Å². The quantitative estimate of drug-likeness (QED) is 0.747. The minimum Gasteiger partial charge on any atom is -0.393 e. The van der Waals surface area contributed by atoms with Crippen molar-refractivity contribution in [2.24, 2.45) is 0 Å². The van der Waals surface area contributed by atoms with Gasteiger partial charge in [-0.1, -0.05) is 24.3 Å². The summed E-state index contributed by atoms with van der Waals surface area (Å²) < 4.78 is 0. The van der Waals surface area contributed by atoms with E-state index in [4.69, 9.17) is 5.11 Å². The van der Waals surface area contributed by atoms with Gasteiger partial charge in [0.15, 0.2) is 0 Å². The van der Waals surface area contributed by atoms with Crippen LogP contribution in [0.3, 0.4) is 0 Å². The van der Waals surface area contributed by atoms with Crippen LogP contribution in [0.5, 0.6) is 0 Å². The number of hydrogen-bond acceptors (Lipinski definition) is 2. The molecular formula is C12H18NO. The largest absolute Gasteiger partial charge is 0.393 e. The highest BCUT2D eigenvalue weighted by Gasteiger charge is 2.03. The van der Waals surface area contributed by atoms with Crippen LogP contribution in [0.15, 0.2) is 24.3 Å². The summed E-state index contributed by atoms with van der Waals surface area (Å²) in [4.78, 5) is 0. The molecule has 0 saturated carbocycles. The van der Waals surface area contributed by atoms with Crippen molar-refractivity contribution in [3.8, 4) is 0 Å². The summed E-state index contributed by atoms with van der Waals surface area (Å²) in [5, 5.41) is 12.4. The van der Waals surface area contributed by atoms with Gasteiger partial charge < -0.3 is 10.4 Å². The third-order valence-corrected chi connectivity index (χ3v) is 2.26. The van der Waals surface area contributed by atoms with Crippen LogP contribution in [0.2, 0.25) is 0 Å². The average molecular weight is 192 g/mol. The molecule has 14 heavy (non-hydrogen) atoms. The molecule has 1 aromatic rings. The summed E-state index contributed by atoms with van der Waals surface area (Å²) >= 11 is 0. The van der Waals surface area contributed by atoms with E-state index < -0.39 is 0 Å². The Balaban J connectivity index is 2.32. The van der Waals surface area contributed by atoms with Crippen molar-refractivity contribution < 1.29 is 5.11 Å². The van der Waals surface area contributed by atoms with E-state index in [0.717, 1.165) is 13.0 Å². The van der Waals surface area contributed by atoms with Gasteiger partial charge in [0.05, 0.1) is 6.10 Å². The van der Waals surface area contributed by atoms with Crippen molar-refractivity contribution in [3.05, 3.63) is 35.9 Å². The summed E-state index contributed by atoms with van der Waals surface area (Å²) in [5.41, 5.74) is 1.26. The number of rotatable bonds is 5. The van der Waals surface area contributed by atoms with Gasteiger partial charge in [0.1, 0.15) is 0 Å². The van der Waals surface area contributed by atoms with Crippen molar-refractivity contribution >= 4 is 0 Å². The van der Waals surface area contributed by atoms with Crippen molar-refractivity contribution in [2.45, 2.75) is 32.4 Å². The topological polar surface area (TPSA) is 32.3 Å². The predicted molar refractivity (Wildman–Crippen MR) is 58.0 cm³/mol. The Morgan fingerprint density at radius 1 is 1.36 bits per heavy atom. The fourth-order valence-electron chi connectivity index (χ4n) is 1.32. The van der Waals surface area contributed by atoms with E-state index in [2.05, 4.69) is 30.4 Å². The zero-order valence-electron chi connectivity index (χ0n) is 8.83. The van der Waals surface area contributed by atoms with Gasteiger partial charge in [-0.15, -0.1) is 0 Å². The van der Waals surface area contributed by atoms with E-state index in [-0.39, 0.29) is 6.10 Å². The molecule has 0 aliphatic rings. The summed E-state index contributed by atoms with van der Waals surface area (Å²) in [5.74, 6) is 0. The molecule has 1 rings (SSSR count). The third kappa shape index (κ3) is 3.90. The Kier molecular flexibility index (Phi) is 4.63. The van der Waals surface area contributed by atoms with Crippen LogP contribution in [0, 0.1) is 6.07 Å². The van der Waals surface area contributed by atoms with Gasteiger partial charge in [-0.2, -0.15) is 0 Å². The van der Waals surface area contributed by atoms with Crippen LogP contribution in [0.1, 0.15) is 31.9 Å². The number of benzene rings is 1. The molecule has 2 unspecified atom stereocenters. The van der Waals surface area contributed by atoms with Gasteiger partial charge in [-0.05, 0) is 38.4 Å². The first-order valence-corrected chi connectivity index (χ1v) is 5.07. The van der Waals surface area contributed by atoms with Crippen LogP contribution in [-0.2, 0) is 0 Å². The Bertz CT molecular complexity index is 246. The lowest BCUT2D eigenvalue weighted by Crippen LogP contribution is -2.22. The van der Waals surface area contributed by atoms with Crippen LogP contribution in [-0.4, -0.2) is 17.8 Å². The Labute approximate surface area is 86.0 Å². The maximum Gasteiger partial charge on any atom is 0.0524 e. The first kappa shape index (κ1) is 11.2. The second-order valence-electron chi connectivity index (χ2n) is 3.65. The first-order chi connectivity index (χ1) is 6.70. The zero-order chi connectivity index (χ0) is 10.4. The molecule has 0 aliphatic carbocycles. The molecule has 0 saturated heterocycles. The fraction of sp³-hybridized carbons (Fsp3) is 0.500. The minimum absolute atomic E-state index is 0.223. The van der Waals surface area contributed by atoms with E-state index in [1.54, 1.807) is 0 Å². The standard InChI is InChI=1S/C12H18NO/c1-10(14)8-9-13-11(2)12-6-4-3-5-7-12/h4-7,10-11,13-14H,8-9H2,1-2H3. The van der Waals surface area contributed by atoms with Gasteiger partial charge in [-0.25, -0.2) is 0 Å². The normalized spacial score (nSPS) is 15.1. The third-order valence-electron chi connectivity index (χ3n) is 2.26. The van der Waals surface area contributed by atoms with Crippen molar-refractivity contribution in [1.82, 2.24) is 5.32 Å². The zero-order valence-corrected chi connectivity index (χ0v) is 8.83. The lowest BCUT2D eigenvalue weighted by atomic mass is 10.1. The summed E-state index contributed by atoms with van der Waals surface area (Å²) in [6.07, 6.45) is 0.572. The van der Waals surface area contributed by atoms with Gasteiger partial charge >= 0.3 is 0 Å². The molecule has 77 valence electrons. The molecule has 2 nitrogen and oxygen atoms in total. The second kappa shape index (κ2) is 5.78. The lowest BCUT2D eigenvalue weighted by molar-refractivity contribution is 0.182. The van der Waals surface area contributed by atoms with Gasteiger partial charge in [0.2, 0.25) is 0 Å². The smallest absolute Gasteiger partial charge is 0.0524 e. The van der Waals surface area contributed by atoms with Crippen LogP contribution in [0.4, 0.5) is 0 Å². The minimum atomic E-state index is -0.223. The Morgan fingerprint density at radius 3 is 2.57 bits per heavy atom. The van der Waals surface area contributed by atoms with E-state index >= 15 is 0 Å². The Hall–Kier alpha value is -0.860. The summed E-state index contributed by atoms with van der Waals surface area (Å²) in [6.45, 7) is 4.78. The molecule has 2 N–H and O–H groups in total. The molecular weight excluding hydrogens is 174 g/mol. The second-order valence-corrected chi connectivity index (χ2v) is 3.65. The van der Waals surface area contributed by atoms with Crippen molar-refractivity contribution in [2.75, 3.05) is 6.54 Å². The highest BCUT2D eigenvalue weighted by atomic mass is 16.3. The molecule has 2 atom stereocenters. The predicted octanol–water partition coefficient (Wildman–Crippen LogP) is 1.91. The first-order valence-electron chi connectivity index (χ1n) is 5.07. The van der Waals surface area contributed by atoms with E-state index in [1.807, 2.05) is 19.1 Å². The molecule has 2 heteroatoms. The average Bonchev–Trinajstić information content (AvgIpc) is 2.18. The maximum atomic E-state index is 9.09. The van der Waals surface area contributed by atoms with Crippen molar-refractivity contribution in [3.63, 3.8) is 0 Å². The summed E-state index contributed by atoms with van der Waals surface area (Å²) in [6, 6.07) is 11.3. The molecule has 0 aromatic heterocycles.